The first kappa shape index (κ1) is 23.1. The van der Waals surface area contributed by atoms with Gasteiger partial charge in [0.2, 0.25) is 5.96 Å². The topological polar surface area (TPSA) is 36.7 Å². The van der Waals surface area contributed by atoms with Crippen molar-refractivity contribution < 1.29 is 0 Å². The van der Waals surface area contributed by atoms with Crippen molar-refractivity contribution in [2.24, 2.45) is 4.99 Å². The first-order valence-electron chi connectivity index (χ1n) is 12.5. The van der Waals surface area contributed by atoms with Gasteiger partial charge in [0.1, 0.15) is 0 Å². The zero-order valence-corrected chi connectivity index (χ0v) is 22.1. The smallest absolute Gasteiger partial charge is 0.213 e. The third kappa shape index (κ3) is 3.54. The molecule has 2 aliphatic heterocycles. The minimum atomic E-state index is -0.261. The highest BCUT2D eigenvalue weighted by atomic mass is 35.5. The van der Waals surface area contributed by atoms with Gasteiger partial charge in [0.15, 0.2) is 5.82 Å². The molecule has 186 valence electrons. The van der Waals surface area contributed by atoms with Crippen LogP contribution in [0.3, 0.4) is 0 Å². The molecule has 7 rings (SSSR count). The summed E-state index contributed by atoms with van der Waals surface area (Å²) in [7, 11) is 0. The van der Waals surface area contributed by atoms with Crippen LogP contribution in [0.5, 0.6) is 0 Å². The van der Waals surface area contributed by atoms with Gasteiger partial charge in [-0.3, -0.25) is 4.90 Å². The number of anilines is 2. The number of fused-ring (bicyclic) bond motifs is 4. The Morgan fingerprint density at radius 3 is 2.21 bits per heavy atom. The highest BCUT2D eigenvalue weighted by Crippen LogP contribution is 2.52. The molecule has 3 heterocycles. The Kier molecular flexibility index (Phi) is 5.50. The fraction of sp³-hybridized carbons (Fsp3) is 0.0968. The molecule has 0 amide bonds. The Labute approximate surface area is 231 Å². The van der Waals surface area contributed by atoms with Crippen molar-refractivity contribution in [3.63, 3.8) is 0 Å². The van der Waals surface area contributed by atoms with Crippen LogP contribution in [-0.2, 0) is 6.54 Å². The van der Waals surface area contributed by atoms with E-state index in [0.29, 0.717) is 16.6 Å². The third-order valence-corrected chi connectivity index (χ3v) is 8.00. The lowest BCUT2D eigenvalue weighted by Crippen LogP contribution is -2.43. The van der Waals surface area contributed by atoms with Gasteiger partial charge in [-0.05, 0) is 48.4 Å². The summed E-state index contributed by atoms with van der Waals surface area (Å²) in [5.41, 5.74) is 7.14. The maximum Gasteiger partial charge on any atom is 0.213 e. The highest BCUT2D eigenvalue weighted by Gasteiger charge is 2.45. The normalized spacial score (nSPS) is 15.7. The summed E-state index contributed by atoms with van der Waals surface area (Å²) in [6.07, 6.45) is 0. The molecular weight excluding hydrogens is 513 g/mol. The molecule has 0 spiro atoms. The van der Waals surface area contributed by atoms with E-state index in [1.165, 1.54) is 5.56 Å². The van der Waals surface area contributed by atoms with Gasteiger partial charge in [-0.25, -0.2) is 4.68 Å². The van der Waals surface area contributed by atoms with Crippen LogP contribution in [0.25, 0.3) is 5.69 Å². The summed E-state index contributed by atoms with van der Waals surface area (Å²) >= 11 is 13.5. The molecule has 0 bridgehead atoms. The van der Waals surface area contributed by atoms with Gasteiger partial charge in [-0.1, -0.05) is 96.0 Å². The number of guanidine groups is 1. The van der Waals surface area contributed by atoms with E-state index in [1.807, 2.05) is 66.2 Å². The maximum atomic E-state index is 6.91. The van der Waals surface area contributed by atoms with E-state index < -0.39 is 0 Å². The van der Waals surface area contributed by atoms with Gasteiger partial charge in [0.05, 0.1) is 45.4 Å². The van der Waals surface area contributed by atoms with E-state index in [4.69, 9.17) is 33.3 Å². The van der Waals surface area contributed by atoms with E-state index in [1.54, 1.807) is 0 Å². The molecule has 0 fully saturated rings. The quantitative estimate of drug-likeness (QED) is 0.233. The lowest BCUT2D eigenvalue weighted by Gasteiger charge is -2.35. The molecule has 5 aromatic rings. The SMILES string of the molecule is Cc1nn(-c2ccccc2)c2c1C(c1cccc(Cl)c1Cl)N1C(=N2)N(Cc2ccccc2)c2ccccc21. The Hall–Kier alpha value is -4.06. The molecule has 2 aliphatic rings. The molecule has 1 unspecified atom stereocenters. The molecule has 0 radical (unpaired) electrons. The maximum absolute atomic E-state index is 6.91. The Bertz CT molecular complexity index is 1690. The van der Waals surface area contributed by atoms with E-state index in [9.17, 15) is 0 Å². The third-order valence-electron chi connectivity index (χ3n) is 7.17. The summed E-state index contributed by atoms with van der Waals surface area (Å²) in [5.74, 6) is 1.63. The number of aromatic nitrogens is 2. The predicted octanol–water partition coefficient (Wildman–Crippen LogP) is 8.10. The van der Waals surface area contributed by atoms with Gasteiger partial charge in [-0.15, -0.1) is 0 Å². The van der Waals surface area contributed by atoms with Crippen LogP contribution in [0.2, 0.25) is 10.0 Å². The van der Waals surface area contributed by atoms with Crippen LogP contribution in [0.4, 0.5) is 17.2 Å². The zero-order valence-electron chi connectivity index (χ0n) is 20.6. The summed E-state index contributed by atoms with van der Waals surface area (Å²) < 4.78 is 1.93. The minimum absolute atomic E-state index is 0.261. The fourth-order valence-corrected chi connectivity index (χ4v) is 5.90. The van der Waals surface area contributed by atoms with Crippen molar-refractivity contribution in [2.45, 2.75) is 19.5 Å². The van der Waals surface area contributed by atoms with E-state index in [-0.39, 0.29) is 6.04 Å². The number of hydrogen-bond donors (Lipinski definition) is 0. The van der Waals surface area contributed by atoms with Crippen molar-refractivity contribution in [3.05, 3.63) is 136 Å². The largest absolute Gasteiger partial charge is 0.305 e. The summed E-state index contributed by atoms with van der Waals surface area (Å²) in [6, 6.07) is 34.6. The van der Waals surface area contributed by atoms with Crippen molar-refractivity contribution in [1.29, 1.82) is 0 Å². The lowest BCUT2D eigenvalue weighted by atomic mass is 9.95. The molecule has 0 aliphatic carbocycles. The lowest BCUT2D eigenvalue weighted by molar-refractivity contribution is 0.811. The molecule has 1 atom stereocenters. The molecule has 1 aromatic heterocycles. The van der Waals surface area contributed by atoms with E-state index in [0.717, 1.165) is 45.7 Å². The van der Waals surface area contributed by atoms with Crippen LogP contribution in [-0.4, -0.2) is 15.7 Å². The number of hydrogen-bond acceptors (Lipinski definition) is 4. The second-order valence-electron chi connectivity index (χ2n) is 9.46. The second-order valence-corrected chi connectivity index (χ2v) is 10.2. The molecule has 5 nitrogen and oxygen atoms in total. The number of nitrogens with zero attached hydrogens (tertiary/aromatic N) is 5. The molecule has 0 saturated heterocycles. The van der Waals surface area contributed by atoms with Crippen LogP contribution < -0.4 is 9.80 Å². The highest BCUT2D eigenvalue weighted by molar-refractivity contribution is 6.42. The van der Waals surface area contributed by atoms with Crippen molar-refractivity contribution in [1.82, 2.24) is 9.78 Å². The van der Waals surface area contributed by atoms with Gasteiger partial charge in [0.25, 0.3) is 0 Å². The number of aliphatic imine (C=N–C) groups is 1. The molecule has 0 saturated carbocycles. The second kappa shape index (κ2) is 9.05. The van der Waals surface area contributed by atoms with Crippen LogP contribution >= 0.6 is 23.2 Å². The van der Waals surface area contributed by atoms with Gasteiger partial charge < -0.3 is 4.90 Å². The van der Waals surface area contributed by atoms with Crippen molar-refractivity contribution >= 4 is 46.4 Å². The minimum Gasteiger partial charge on any atom is -0.305 e. The standard InChI is InChI=1S/C31H23Cl2N5/c1-20-27-29(23-15-10-16-24(32)28(23)33)37-26-18-9-8-17-25(26)36(19-21-11-4-2-5-12-21)31(37)34-30(27)38(35-20)22-13-6-3-7-14-22/h2-18,29H,19H2,1H3. The zero-order chi connectivity index (χ0) is 25.8. The summed E-state index contributed by atoms with van der Waals surface area (Å²) in [4.78, 5) is 9.87. The number of para-hydroxylation sites is 3. The number of rotatable bonds is 4. The number of halogens is 2. The van der Waals surface area contributed by atoms with E-state index >= 15 is 0 Å². The van der Waals surface area contributed by atoms with Crippen molar-refractivity contribution in [2.75, 3.05) is 9.80 Å². The monoisotopic (exact) mass is 535 g/mol. The average Bonchev–Trinajstić information content (AvgIpc) is 3.45. The summed E-state index contributed by atoms with van der Waals surface area (Å²) in [6.45, 7) is 2.71. The molecular formula is C31H23Cl2N5. The first-order chi connectivity index (χ1) is 18.6. The number of benzene rings is 4. The van der Waals surface area contributed by atoms with Crippen LogP contribution in [0.15, 0.2) is 108 Å². The van der Waals surface area contributed by atoms with Gasteiger partial charge in [-0.2, -0.15) is 10.1 Å². The molecule has 4 aromatic carbocycles. The average molecular weight is 536 g/mol. The predicted molar refractivity (Wildman–Crippen MR) is 155 cm³/mol. The van der Waals surface area contributed by atoms with Crippen LogP contribution in [0, 0.1) is 6.92 Å². The van der Waals surface area contributed by atoms with E-state index in [2.05, 4.69) is 58.3 Å². The van der Waals surface area contributed by atoms with Gasteiger partial charge in [0, 0.05) is 5.56 Å². The number of aryl methyl sites for hydroxylation is 1. The first-order valence-corrected chi connectivity index (χ1v) is 13.2. The van der Waals surface area contributed by atoms with Crippen LogP contribution in [0.1, 0.15) is 28.4 Å². The molecule has 38 heavy (non-hydrogen) atoms. The Balaban J connectivity index is 1.51. The van der Waals surface area contributed by atoms with Gasteiger partial charge >= 0.3 is 0 Å². The van der Waals surface area contributed by atoms with Crippen molar-refractivity contribution in [3.8, 4) is 5.69 Å². The molecule has 7 heteroatoms. The summed E-state index contributed by atoms with van der Waals surface area (Å²) in [5, 5.41) is 6.03. The molecule has 0 N–H and O–H groups in total. The Morgan fingerprint density at radius 1 is 0.763 bits per heavy atom. The Morgan fingerprint density at radius 2 is 1.45 bits per heavy atom. The fourth-order valence-electron chi connectivity index (χ4n) is 5.49.